The smallest absolute Gasteiger partial charge is 0.244 e. The molecule has 0 saturated carbocycles. The van der Waals surface area contributed by atoms with Gasteiger partial charge in [-0.3, -0.25) is 9.59 Å². The van der Waals surface area contributed by atoms with E-state index in [9.17, 15) is 9.59 Å². The number of nitrogens with one attached hydrogen (secondary N) is 1. The van der Waals surface area contributed by atoms with Gasteiger partial charge in [-0.2, -0.15) is 0 Å². The number of hydrogen-bond acceptors (Lipinski definition) is 3. The summed E-state index contributed by atoms with van der Waals surface area (Å²) in [6.45, 7) is 6.82. The van der Waals surface area contributed by atoms with Crippen molar-refractivity contribution in [2.45, 2.75) is 33.2 Å². The van der Waals surface area contributed by atoms with Gasteiger partial charge >= 0.3 is 0 Å². The lowest BCUT2D eigenvalue weighted by molar-refractivity contribution is -0.135. The quantitative estimate of drug-likeness (QED) is 0.767. The largest absolute Gasteiger partial charge is 0.398 e. The molecule has 0 radical (unpaired) electrons. The van der Waals surface area contributed by atoms with Crippen LogP contribution in [-0.4, -0.2) is 35.8 Å². The molecule has 1 aromatic rings. The van der Waals surface area contributed by atoms with Crippen LogP contribution in [0.2, 0.25) is 0 Å². The van der Waals surface area contributed by atoms with Gasteiger partial charge in [0.2, 0.25) is 11.8 Å². The summed E-state index contributed by atoms with van der Waals surface area (Å²) in [7, 11) is 0. The van der Waals surface area contributed by atoms with Crippen LogP contribution in [-0.2, 0) is 16.0 Å². The van der Waals surface area contributed by atoms with Crippen molar-refractivity contribution in [1.82, 2.24) is 10.2 Å². The van der Waals surface area contributed by atoms with E-state index in [4.69, 9.17) is 5.73 Å². The first-order valence-electron chi connectivity index (χ1n) is 6.91. The zero-order valence-electron chi connectivity index (χ0n) is 12.3. The Balaban J connectivity index is 2.58. The zero-order valence-corrected chi connectivity index (χ0v) is 12.3. The van der Waals surface area contributed by atoms with Gasteiger partial charge in [0, 0.05) is 18.8 Å². The normalized spacial score (nSPS) is 11.8. The number of anilines is 1. The van der Waals surface area contributed by atoms with Crippen LogP contribution in [0.25, 0.3) is 0 Å². The molecular formula is C15H23N3O2. The van der Waals surface area contributed by atoms with Crippen molar-refractivity contribution in [1.29, 1.82) is 0 Å². The minimum atomic E-state index is -0.521. The van der Waals surface area contributed by atoms with E-state index in [1.54, 1.807) is 17.9 Å². The van der Waals surface area contributed by atoms with E-state index >= 15 is 0 Å². The first kappa shape index (κ1) is 16.0. The second kappa shape index (κ2) is 7.53. The van der Waals surface area contributed by atoms with Gasteiger partial charge in [0.25, 0.3) is 0 Å². The molecule has 0 saturated heterocycles. The first-order valence-corrected chi connectivity index (χ1v) is 6.91. The molecule has 0 aliphatic rings. The van der Waals surface area contributed by atoms with Gasteiger partial charge in [-0.05, 0) is 32.4 Å². The highest BCUT2D eigenvalue weighted by Gasteiger charge is 2.20. The van der Waals surface area contributed by atoms with E-state index < -0.39 is 6.04 Å². The standard InChI is InChI=1S/C15H23N3O2/c1-4-18(5-2)15(20)11(3)17-14(19)10-12-8-6-7-9-13(12)16/h6-9,11H,4-5,10,16H2,1-3H3,(H,17,19). The number of carbonyl (C=O) groups excluding carboxylic acids is 2. The van der Waals surface area contributed by atoms with E-state index in [0.717, 1.165) is 5.56 Å². The molecule has 2 amide bonds. The van der Waals surface area contributed by atoms with Crippen molar-refractivity contribution in [2.75, 3.05) is 18.8 Å². The number of nitrogens with two attached hydrogens (primary N) is 1. The van der Waals surface area contributed by atoms with Crippen LogP contribution < -0.4 is 11.1 Å². The molecule has 1 rings (SSSR count). The van der Waals surface area contributed by atoms with Crippen LogP contribution in [0.4, 0.5) is 5.69 Å². The van der Waals surface area contributed by atoms with Crippen LogP contribution >= 0.6 is 0 Å². The maximum absolute atomic E-state index is 12.0. The minimum absolute atomic E-state index is 0.0654. The second-order valence-electron chi connectivity index (χ2n) is 4.68. The molecule has 0 spiro atoms. The number of nitrogens with zero attached hydrogens (tertiary/aromatic N) is 1. The number of rotatable bonds is 6. The predicted octanol–water partition coefficient (Wildman–Crippen LogP) is 1.18. The third-order valence-corrected chi connectivity index (χ3v) is 3.23. The number of hydrogen-bond donors (Lipinski definition) is 2. The van der Waals surface area contributed by atoms with E-state index in [-0.39, 0.29) is 18.2 Å². The topological polar surface area (TPSA) is 75.4 Å². The molecule has 0 aliphatic carbocycles. The third-order valence-electron chi connectivity index (χ3n) is 3.23. The molecule has 110 valence electrons. The molecule has 0 aromatic heterocycles. The number of nitrogen functional groups attached to an aromatic ring is 1. The maximum atomic E-state index is 12.0. The molecule has 0 fully saturated rings. The summed E-state index contributed by atoms with van der Waals surface area (Å²) in [5.41, 5.74) is 7.15. The van der Waals surface area contributed by atoms with Crippen LogP contribution in [0.3, 0.4) is 0 Å². The molecule has 1 unspecified atom stereocenters. The van der Waals surface area contributed by atoms with Gasteiger partial charge in [-0.25, -0.2) is 0 Å². The predicted molar refractivity (Wildman–Crippen MR) is 80.1 cm³/mol. The van der Waals surface area contributed by atoms with E-state index in [1.807, 2.05) is 32.0 Å². The Hall–Kier alpha value is -2.04. The molecule has 0 bridgehead atoms. The monoisotopic (exact) mass is 277 g/mol. The number of amides is 2. The molecule has 1 aromatic carbocycles. The van der Waals surface area contributed by atoms with Gasteiger partial charge in [-0.1, -0.05) is 18.2 Å². The van der Waals surface area contributed by atoms with Gasteiger partial charge in [0.15, 0.2) is 0 Å². The van der Waals surface area contributed by atoms with Crippen molar-refractivity contribution in [3.8, 4) is 0 Å². The third kappa shape index (κ3) is 4.26. The van der Waals surface area contributed by atoms with Crippen LogP contribution in [0, 0.1) is 0 Å². The van der Waals surface area contributed by atoms with Crippen LogP contribution in [0.15, 0.2) is 24.3 Å². The van der Waals surface area contributed by atoms with Crippen molar-refractivity contribution >= 4 is 17.5 Å². The lowest BCUT2D eigenvalue weighted by Gasteiger charge is -2.23. The molecule has 3 N–H and O–H groups in total. The van der Waals surface area contributed by atoms with Gasteiger partial charge in [0.05, 0.1) is 6.42 Å². The Kier molecular flexibility index (Phi) is 6.03. The Morgan fingerprint density at radius 3 is 2.40 bits per heavy atom. The fourth-order valence-electron chi connectivity index (χ4n) is 2.03. The second-order valence-corrected chi connectivity index (χ2v) is 4.68. The van der Waals surface area contributed by atoms with Crippen molar-refractivity contribution < 1.29 is 9.59 Å². The minimum Gasteiger partial charge on any atom is -0.398 e. The Labute approximate surface area is 120 Å². The Morgan fingerprint density at radius 2 is 1.85 bits per heavy atom. The zero-order chi connectivity index (χ0) is 15.1. The van der Waals surface area contributed by atoms with Crippen LogP contribution in [0.1, 0.15) is 26.3 Å². The Bertz CT molecular complexity index is 470. The van der Waals surface area contributed by atoms with E-state index in [1.165, 1.54) is 0 Å². The highest BCUT2D eigenvalue weighted by Crippen LogP contribution is 2.11. The number of likely N-dealkylation sites (N-methyl/N-ethyl adjacent to an activating group) is 1. The molecule has 0 aliphatic heterocycles. The lowest BCUT2D eigenvalue weighted by atomic mass is 10.1. The van der Waals surface area contributed by atoms with Gasteiger partial charge in [0.1, 0.15) is 6.04 Å². The number of benzene rings is 1. The molecule has 5 nitrogen and oxygen atoms in total. The maximum Gasteiger partial charge on any atom is 0.244 e. The van der Waals surface area contributed by atoms with Crippen LogP contribution in [0.5, 0.6) is 0 Å². The summed E-state index contributed by atoms with van der Waals surface area (Å²) in [4.78, 5) is 25.7. The SMILES string of the molecule is CCN(CC)C(=O)C(C)NC(=O)Cc1ccccc1N. The van der Waals surface area contributed by atoms with E-state index in [0.29, 0.717) is 18.8 Å². The van der Waals surface area contributed by atoms with Crippen molar-refractivity contribution in [3.63, 3.8) is 0 Å². The molecule has 0 heterocycles. The summed E-state index contributed by atoms with van der Waals surface area (Å²) in [6, 6.07) is 6.71. The van der Waals surface area contributed by atoms with Crippen molar-refractivity contribution in [3.05, 3.63) is 29.8 Å². The summed E-state index contributed by atoms with van der Waals surface area (Å²) >= 11 is 0. The molecule has 1 atom stereocenters. The molecule has 5 heteroatoms. The average molecular weight is 277 g/mol. The average Bonchev–Trinajstić information content (AvgIpc) is 2.42. The van der Waals surface area contributed by atoms with Gasteiger partial charge in [-0.15, -0.1) is 0 Å². The van der Waals surface area contributed by atoms with Crippen molar-refractivity contribution in [2.24, 2.45) is 0 Å². The molecular weight excluding hydrogens is 254 g/mol. The highest BCUT2D eigenvalue weighted by molar-refractivity contribution is 5.88. The van der Waals surface area contributed by atoms with Gasteiger partial charge < -0.3 is 16.0 Å². The number of para-hydroxylation sites is 1. The summed E-state index contributed by atoms with van der Waals surface area (Å²) in [5.74, 6) is -0.264. The highest BCUT2D eigenvalue weighted by atomic mass is 16.2. The number of carbonyl (C=O) groups is 2. The Morgan fingerprint density at radius 1 is 1.25 bits per heavy atom. The lowest BCUT2D eigenvalue weighted by Crippen LogP contribution is -2.47. The summed E-state index contributed by atoms with van der Waals surface area (Å²) in [5, 5.41) is 2.72. The first-order chi connectivity index (χ1) is 9.49. The fourth-order valence-corrected chi connectivity index (χ4v) is 2.03. The van der Waals surface area contributed by atoms with E-state index in [2.05, 4.69) is 5.32 Å². The fraction of sp³-hybridized carbons (Fsp3) is 0.467. The molecule has 20 heavy (non-hydrogen) atoms. The summed E-state index contributed by atoms with van der Waals surface area (Å²) < 4.78 is 0. The summed E-state index contributed by atoms with van der Waals surface area (Å²) in [6.07, 6.45) is 0.183.